The van der Waals surface area contributed by atoms with Gasteiger partial charge in [-0.05, 0) is 70.9 Å². The molecule has 0 fully saturated rings. The predicted molar refractivity (Wildman–Crippen MR) is 209 cm³/mol. The Morgan fingerprint density at radius 1 is 0.340 bits per heavy atom. The molecule has 4 heteroatoms. The molecule has 0 aliphatic heterocycles. The SMILES string of the molecule is c1ccc(-c2ccccc2-n2c3ccccc3c3cc4c5cc6c7ccccc7n(-c7ccccc7)c6cc5c5nccnc5c4cc32)cc1. The third-order valence-electron chi connectivity index (χ3n) is 10.4. The van der Waals surface area contributed by atoms with Gasteiger partial charge in [0.05, 0.1) is 38.8 Å². The quantitative estimate of drug-likeness (QED) is 0.181. The van der Waals surface area contributed by atoms with Crippen molar-refractivity contribution in [1.82, 2.24) is 19.1 Å². The summed E-state index contributed by atoms with van der Waals surface area (Å²) in [5, 5.41) is 9.45. The van der Waals surface area contributed by atoms with Gasteiger partial charge in [-0.25, -0.2) is 0 Å². The van der Waals surface area contributed by atoms with E-state index in [0.29, 0.717) is 0 Å². The van der Waals surface area contributed by atoms with Crippen LogP contribution in [0.25, 0.3) is 98.7 Å². The smallest absolute Gasteiger partial charge is 0.0972 e. The van der Waals surface area contributed by atoms with Crippen LogP contribution in [0.2, 0.25) is 0 Å². The highest BCUT2D eigenvalue weighted by Gasteiger charge is 2.21. The molecule has 3 heterocycles. The summed E-state index contributed by atoms with van der Waals surface area (Å²) in [6.07, 6.45) is 3.63. The fourth-order valence-corrected chi connectivity index (χ4v) is 8.25. The molecule has 11 rings (SSSR count). The van der Waals surface area contributed by atoms with E-state index in [1.807, 2.05) is 12.4 Å². The number of para-hydroxylation sites is 4. The van der Waals surface area contributed by atoms with E-state index in [-0.39, 0.29) is 0 Å². The van der Waals surface area contributed by atoms with Crippen LogP contribution in [0, 0.1) is 0 Å². The Hall–Kier alpha value is -6.78. The van der Waals surface area contributed by atoms with Crippen molar-refractivity contribution in [2.24, 2.45) is 0 Å². The molecule has 0 unspecified atom stereocenters. The zero-order valence-corrected chi connectivity index (χ0v) is 27.0. The van der Waals surface area contributed by atoms with Gasteiger partial charge in [0.25, 0.3) is 0 Å². The summed E-state index contributed by atoms with van der Waals surface area (Å²) in [5.74, 6) is 0. The van der Waals surface area contributed by atoms with E-state index < -0.39 is 0 Å². The molecule has 0 bridgehead atoms. The summed E-state index contributed by atoms with van der Waals surface area (Å²) in [7, 11) is 0. The van der Waals surface area contributed by atoms with Gasteiger partial charge in [0.2, 0.25) is 0 Å². The molecule has 0 aliphatic rings. The average Bonchev–Trinajstić information content (AvgIpc) is 3.69. The van der Waals surface area contributed by atoms with E-state index in [0.717, 1.165) is 44.2 Å². The lowest BCUT2D eigenvalue weighted by molar-refractivity contribution is 1.18. The minimum atomic E-state index is 0.909. The summed E-state index contributed by atoms with van der Waals surface area (Å²) in [4.78, 5) is 10.0. The molecular weight excluding hydrogens is 609 g/mol. The first kappa shape index (κ1) is 27.2. The van der Waals surface area contributed by atoms with Gasteiger partial charge >= 0.3 is 0 Å². The molecule has 0 aliphatic carbocycles. The second-order valence-corrected chi connectivity index (χ2v) is 13.0. The highest BCUT2D eigenvalue weighted by atomic mass is 15.0. The van der Waals surface area contributed by atoms with Crippen LogP contribution in [0.5, 0.6) is 0 Å². The van der Waals surface area contributed by atoms with E-state index in [1.54, 1.807) is 0 Å². The Bertz CT molecular complexity index is 3140. The van der Waals surface area contributed by atoms with Crippen molar-refractivity contribution in [1.29, 1.82) is 0 Å². The molecule has 4 nitrogen and oxygen atoms in total. The fourth-order valence-electron chi connectivity index (χ4n) is 8.25. The van der Waals surface area contributed by atoms with Gasteiger partial charge in [-0.2, -0.15) is 0 Å². The van der Waals surface area contributed by atoms with Crippen LogP contribution < -0.4 is 0 Å². The molecule has 0 saturated heterocycles. The summed E-state index contributed by atoms with van der Waals surface area (Å²) < 4.78 is 4.80. The lowest BCUT2D eigenvalue weighted by atomic mass is 9.96. The first-order valence-electron chi connectivity index (χ1n) is 17.0. The van der Waals surface area contributed by atoms with Gasteiger partial charge in [0, 0.05) is 56.0 Å². The molecule has 0 saturated carbocycles. The van der Waals surface area contributed by atoms with Gasteiger partial charge in [-0.1, -0.05) is 103 Å². The van der Waals surface area contributed by atoms with Crippen LogP contribution in [-0.4, -0.2) is 19.1 Å². The van der Waals surface area contributed by atoms with Crippen LogP contribution >= 0.6 is 0 Å². The van der Waals surface area contributed by atoms with Crippen molar-refractivity contribution in [3.05, 3.63) is 170 Å². The highest BCUT2D eigenvalue weighted by Crippen LogP contribution is 2.43. The Labute approximate surface area is 287 Å². The monoisotopic (exact) mass is 636 g/mol. The third-order valence-corrected chi connectivity index (χ3v) is 10.4. The predicted octanol–water partition coefficient (Wildman–Crippen LogP) is 11.8. The number of nitrogens with zero attached hydrogens (tertiary/aromatic N) is 4. The fraction of sp³-hybridized carbons (Fsp3) is 0. The second kappa shape index (κ2) is 10.4. The molecule has 3 aromatic heterocycles. The molecule has 0 amide bonds. The van der Waals surface area contributed by atoms with Gasteiger partial charge in [-0.3, -0.25) is 9.97 Å². The maximum atomic E-state index is 5.01. The van der Waals surface area contributed by atoms with Crippen molar-refractivity contribution in [3.63, 3.8) is 0 Å². The Morgan fingerprint density at radius 2 is 0.840 bits per heavy atom. The van der Waals surface area contributed by atoms with Crippen LogP contribution in [0.1, 0.15) is 0 Å². The molecule has 0 atom stereocenters. The van der Waals surface area contributed by atoms with Gasteiger partial charge < -0.3 is 9.13 Å². The number of fused-ring (bicyclic) bond motifs is 12. The number of hydrogen-bond acceptors (Lipinski definition) is 2. The Kier molecular flexibility index (Phi) is 5.63. The maximum absolute atomic E-state index is 5.01. The van der Waals surface area contributed by atoms with Crippen LogP contribution in [-0.2, 0) is 0 Å². The summed E-state index contributed by atoms with van der Waals surface area (Å²) in [5.41, 5.74) is 11.2. The van der Waals surface area contributed by atoms with E-state index in [9.17, 15) is 0 Å². The van der Waals surface area contributed by atoms with E-state index in [1.165, 1.54) is 54.5 Å². The second-order valence-electron chi connectivity index (χ2n) is 13.0. The lowest BCUT2D eigenvalue weighted by Gasteiger charge is -2.15. The van der Waals surface area contributed by atoms with E-state index in [2.05, 4.69) is 167 Å². The van der Waals surface area contributed by atoms with Crippen molar-refractivity contribution in [3.8, 4) is 22.5 Å². The molecular formula is C46H28N4. The molecule has 0 radical (unpaired) electrons. The van der Waals surface area contributed by atoms with Crippen molar-refractivity contribution in [2.75, 3.05) is 0 Å². The van der Waals surface area contributed by atoms with Gasteiger partial charge in [-0.15, -0.1) is 0 Å². The minimum absolute atomic E-state index is 0.909. The molecule has 11 aromatic rings. The Balaban J connectivity index is 1.31. The molecule has 0 N–H and O–H groups in total. The zero-order chi connectivity index (χ0) is 32.8. The van der Waals surface area contributed by atoms with Gasteiger partial charge in [0.1, 0.15) is 0 Å². The molecule has 50 heavy (non-hydrogen) atoms. The summed E-state index contributed by atoms with van der Waals surface area (Å²) in [6.45, 7) is 0. The van der Waals surface area contributed by atoms with Crippen LogP contribution in [0.3, 0.4) is 0 Å². The summed E-state index contributed by atoms with van der Waals surface area (Å²) in [6, 6.07) is 56.9. The Morgan fingerprint density at radius 3 is 1.48 bits per heavy atom. The van der Waals surface area contributed by atoms with Crippen molar-refractivity contribution < 1.29 is 0 Å². The first-order valence-corrected chi connectivity index (χ1v) is 17.0. The van der Waals surface area contributed by atoms with Crippen molar-refractivity contribution >= 4 is 76.2 Å². The normalized spacial score (nSPS) is 12.0. The highest BCUT2D eigenvalue weighted by molar-refractivity contribution is 6.30. The molecule has 232 valence electrons. The van der Waals surface area contributed by atoms with Crippen LogP contribution in [0.4, 0.5) is 0 Å². The van der Waals surface area contributed by atoms with E-state index in [4.69, 9.17) is 9.97 Å². The zero-order valence-electron chi connectivity index (χ0n) is 27.0. The average molecular weight is 637 g/mol. The van der Waals surface area contributed by atoms with Gasteiger partial charge in [0.15, 0.2) is 0 Å². The summed E-state index contributed by atoms with van der Waals surface area (Å²) >= 11 is 0. The molecule has 0 spiro atoms. The lowest BCUT2D eigenvalue weighted by Crippen LogP contribution is -1.97. The maximum Gasteiger partial charge on any atom is 0.0972 e. The number of rotatable bonds is 3. The minimum Gasteiger partial charge on any atom is -0.309 e. The largest absolute Gasteiger partial charge is 0.309 e. The standard InChI is InChI=1S/C46H28N4/c1-3-13-29(14-4-1)31-17-7-10-20-40(31)50-42-22-12-9-19-33(42)37-26-35-34-25-36-32-18-8-11-21-41(32)49(30-15-5-2-6-16-30)43(36)27-38(34)45-46(48-24-23-47-45)39(35)28-44(37)50/h1-28H. The van der Waals surface area contributed by atoms with Crippen LogP contribution in [0.15, 0.2) is 170 Å². The first-order chi connectivity index (χ1) is 24.8. The third kappa shape index (κ3) is 3.76. The molecule has 8 aromatic carbocycles. The topological polar surface area (TPSA) is 35.6 Å². The number of aromatic nitrogens is 4. The number of benzene rings is 8. The van der Waals surface area contributed by atoms with E-state index >= 15 is 0 Å². The number of hydrogen-bond donors (Lipinski definition) is 0. The van der Waals surface area contributed by atoms with Crippen molar-refractivity contribution in [2.45, 2.75) is 0 Å².